The third-order valence-electron chi connectivity index (χ3n) is 2.87. The molecule has 6 nitrogen and oxygen atoms in total. The van der Waals surface area contributed by atoms with Crippen LogP contribution in [-0.2, 0) is 19.1 Å². The zero-order valence-corrected chi connectivity index (χ0v) is 10.9. The predicted molar refractivity (Wildman–Crippen MR) is 65.9 cm³/mol. The zero-order chi connectivity index (χ0) is 13.4. The summed E-state index contributed by atoms with van der Waals surface area (Å²) in [6, 6.07) is 0. The minimum absolute atomic E-state index is 0.00340. The first-order chi connectivity index (χ1) is 8.67. The van der Waals surface area contributed by atoms with Gasteiger partial charge in [0.2, 0.25) is 5.91 Å². The Morgan fingerprint density at radius 3 is 2.89 bits per heavy atom. The Kier molecular flexibility index (Phi) is 6.67. The molecule has 1 fully saturated rings. The largest absolute Gasteiger partial charge is 0.466 e. The molecule has 18 heavy (non-hydrogen) atoms. The third-order valence-corrected chi connectivity index (χ3v) is 2.87. The monoisotopic (exact) mass is 258 g/mol. The summed E-state index contributed by atoms with van der Waals surface area (Å²) in [4.78, 5) is 24.3. The fourth-order valence-electron chi connectivity index (χ4n) is 1.97. The van der Waals surface area contributed by atoms with Gasteiger partial charge in [-0.2, -0.15) is 0 Å². The number of likely N-dealkylation sites (tertiary alicyclic amines) is 1. The fourth-order valence-corrected chi connectivity index (χ4v) is 1.97. The Labute approximate surface area is 107 Å². The number of hydrogen-bond donors (Lipinski definition) is 1. The van der Waals surface area contributed by atoms with Crippen LogP contribution in [0, 0.1) is 0 Å². The number of carbonyl (C=O) groups excluding carboxylic acids is 2. The topological polar surface area (TPSA) is 81.9 Å². The number of hydrogen-bond acceptors (Lipinski definition) is 5. The second-order valence-corrected chi connectivity index (χ2v) is 4.23. The molecule has 0 aromatic rings. The molecule has 1 atom stereocenters. The maximum absolute atomic E-state index is 11.5. The lowest BCUT2D eigenvalue weighted by atomic mass is 10.1. The van der Waals surface area contributed by atoms with Crippen molar-refractivity contribution in [2.45, 2.75) is 32.3 Å². The molecule has 1 saturated heterocycles. The van der Waals surface area contributed by atoms with Crippen LogP contribution in [0.4, 0.5) is 0 Å². The minimum atomic E-state index is -0.247. The fraction of sp³-hybridized carbons (Fsp3) is 0.833. The molecule has 104 valence electrons. The highest BCUT2D eigenvalue weighted by Gasteiger charge is 2.23. The summed E-state index contributed by atoms with van der Waals surface area (Å²) >= 11 is 0. The van der Waals surface area contributed by atoms with Gasteiger partial charge in [-0.25, -0.2) is 0 Å². The first-order valence-electron chi connectivity index (χ1n) is 6.42. The average molecular weight is 258 g/mol. The molecule has 0 radical (unpaired) electrons. The van der Waals surface area contributed by atoms with Gasteiger partial charge in [-0.3, -0.25) is 9.59 Å². The number of piperidine rings is 1. The number of carbonyl (C=O) groups is 2. The average Bonchev–Trinajstić information content (AvgIpc) is 2.38. The van der Waals surface area contributed by atoms with E-state index in [0.29, 0.717) is 19.8 Å². The third kappa shape index (κ3) is 5.01. The molecular formula is C12H22N2O4. The standard InChI is InChI=1S/C12H22N2O4/c1-2-17-12(16)5-7-18-10-4-3-6-14(9-10)11(15)8-13/h10H,2-9,13H2,1H3. The summed E-state index contributed by atoms with van der Waals surface area (Å²) in [5, 5.41) is 0. The molecule has 1 heterocycles. The van der Waals surface area contributed by atoms with Gasteiger partial charge in [0.05, 0.1) is 32.3 Å². The van der Waals surface area contributed by atoms with Crippen LogP contribution in [-0.4, -0.2) is 55.7 Å². The Morgan fingerprint density at radius 1 is 1.44 bits per heavy atom. The number of esters is 1. The van der Waals surface area contributed by atoms with Crippen LogP contribution in [0.5, 0.6) is 0 Å². The van der Waals surface area contributed by atoms with Crippen LogP contribution in [0.3, 0.4) is 0 Å². The summed E-state index contributed by atoms with van der Waals surface area (Å²) in [6.45, 7) is 3.85. The molecule has 1 rings (SSSR count). The SMILES string of the molecule is CCOC(=O)CCOC1CCCN(C(=O)CN)C1. The van der Waals surface area contributed by atoms with Crippen LogP contribution in [0.2, 0.25) is 0 Å². The zero-order valence-electron chi connectivity index (χ0n) is 10.9. The molecule has 0 bridgehead atoms. The first-order valence-corrected chi connectivity index (χ1v) is 6.42. The highest BCUT2D eigenvalue weighted by atomic mass is 16.5. The van der Waals surface area contributed by atoms with Crippen molar-refractivity contribution >= 4 is 11.9 Å². The van der Waals surface area contributed by atoms with E-state index in [2.05, 4.69) is 0 Å². The second-order valence-electron chi connectivity index (χ2n) is 4.23. The molecule has 0 aliphatic carbocycles. The van der Waals surface area contributed by atoms with Gasteiger partial charge >= 0.3 is 5.97 Å². The van der Waals surface area contributed by atoms with E-state index in [1.807, 2.05) is 0 Å². The second kappa shape index (κ2) is 8.05. The van der Waals surface area contributed by atoms with Crippen molar-refractivity contribution in [1.82, 2.24) is 4.90 Å². The smallest absolute Gasteiger partial charge is 0.308 e. The van der Waals surface area contributed by atoms with Gasteiger partial charge in [0, 0.05) is 13.1 Å². The molecule has 1 unspecified atom stereocenters. The molecule has 1 aliphatic rings. The Bertz CT molecular complexity index is 283. The summed E-state index contributed by atoms with van der Waals surface area (Å²) in [6.07, 6.45) is 2.09. The van der Waals surface area contributed by atoms with E-state index in [1.54, 1.807) is 11.8 Å². The van der Waals surface area contributed by atoms with Crippen LogP contribution >= 0.6 is 0 Å². The molecular weight excluding hydrogens is 236 g/mol. The highest BCUT2D eigenvalue weighted by molar-refractivity contribution is 5.78. The van der Waals surface area contributed by atoms with Gasteiger partial charge < -0.3 is 20.1 Å². The molecule has 6 heteroatoms. The summed E-state index contributed by atoms with van der Waals surface area (Å²) in [7, 11) is 0. The molecule has 0 saturated carbocycles. The maximum Gasteiger partial charge on any atom is 0.308 e. The quantitative estimate of drug-likeness (QED) is 0.673. The molecule has 2 N–H and O–H groups in total. The number of nitrogens with zero attached hydrogens (tertiary/aromatic N) is 1. The van der Waals surface area contributed by atoms with Gasteiger partial charge in [0.15, 0.2) is 0 Å². The molecule has 1 aliphatic heterocycles. The van der Waals surface area contributed by atoms with Crippen molar-refractivity contribution in [3.05, 3.63) is 0 Å². The normalized spacial score (nSPS) is 19.7. The van der Waals surface area contributed by atoms with Crippen molar-refractivity contribution < 1.29 is 19.1 Å². The van der Waals surface area contributed by atoms with E-state index in [-0.39, 0.29) is 30.9 Å². The van der Waals surface area contributed by atoms with Gasteiger partial charge in [-0.15, -0.1) is 0 Å². The Morgan fingerprint density at radius 2 is 2.22 bits per heavy atom. The number of amides is 1. The number of rotatable bonds is 6. The van der Waals surface area contributed by atoms with Crippen molar-refractivity contribution in [2.75, 3.05) is 32.8 Å². The molecule has 0 spiro atoms. The maximum atomic E-state index is 11.5. The number of nitrogens with two attached hydrogens (primary N) is 1. The van der Waals surface area contributed by atoms with E-state index in [9.17, 15) is 9.59 Å². The van der Waals surface area contributed by atoms with Crippen LogP contribution in [0.1, 0.15) is 26.2 Å². The highest BCUT2D eigenvalue weighted by Crippen LogP contribution is 2.13. The van der Waals surface area contributed by atoms with E-state index in [0.717, 1.165) is 19.4 Å². The lowest BCUT2D eigenvalue weighted by molar-refractivity contribution is -0.146. The molecule has 0 aromatic carbocycles. The first kappa shape index (κ1) is 14.9. The lowest BCUT2D eigenvalue weighted by Gasteiger charge is -2.32. The van der Waals surface area contributed by atoms with Gasteiger partial charge in [0.25, 0.3) is 0 Å². The van der Waals surface area contributed by atoms with Crippen molar-refractivity contribution in [3.63, 3.8) is 0 Å². The Balaban J connectivity index is 2.22. The summed E-state index contributed by atoms with van der Waals surface area (Å²) in [5.74, 6) is -0.295. The van der Waals surface area contributed by atoms with Crippen molar-refractivity contribution in [1.29, 1.82) is 0 Å². The molecule has 1 amide bonds. The molecule has 0 aromatic heterocycles. The van der Waals surface area contributed by atoms with E-state index >= 15 is 0 Å². The van der Waals surface area contributed by atoms with E-state index in [4.69, 9.17) is 15.2 Å². The van der Waals surface area contributed by atoms with Crippen LogP contribution < -0.4 is 5.73 Å². The van der Waals surface area contributed by atoms with Crippen molar-refractivity contribution in [3.8, 4) is 0 Å². The van der Waals surface area contributed by atoms with Gasteiger partial charge in [-0.1, -0.05) is 0 Å². The van der Waals surface area contributed by atoms with Gasteiger partial charge in [0.1, 0.15) is 0 Å². The van der Waals surface area contributed by atoms with E-state index in [1.165, 1.54) is 0 Å². The summed E-state index contributed by atoms with van der Waals surface area (Å²) in [5.41, 5.74) is 5.33. The van der Waals surface area contributed by atoms with E-state index < -0.39 is 0 Å². The summed E-state index contributed by atoms with van der Waals surface area (Å²) < 4.78 is 10.4. The Hall–Kier alpha value is -1.14. The predicted octanol–water partition coefficient (Wildman–Crippen LogP) is -0.0941. The van der Waals surface area contributed by atoms with Crippen LogP contribution in [0.15, 0.2) is 0 Å². The number of ether oxygens (including phenoxy) is 2. The lowest BCUT2D eigenvalue weighted by Crippen LogP contribution is -2.45. The van der Waals surface area contributed by atoms with Crippen molar-refractivity contribution in [2.24, 2.45) is 5.73 Å². The minimum Gasteiger partial charge on any atom is -0.466 e. The van der Waals surface area contributed by atoms with Gasteiger partial charge in [-0.05, 0) is 19.8 Å². The van der Waals surface area contributed by atoms with Crippen LogP contribution in [0.25, 0.3) is 0 Å².